The van der Waals surface area contributed by atoms with E-state index in [-0.39, 0.29) is 24.0 Å². The summed E-state index contributed by atoms with van der Waals surface area (Å²) in [4.78, 5) is 33.1. The lowest BCUT2D eigenvalue weighted by molar-refractivity contribution is -0.145. The lowest BCUT2D eigenvalue weighted by Crippen LogP contribution is -2.45. The largest absolute Gasteiger partial charge is 0.507 e. The van der Waals surface area contributed by atoms with E-state index in [1.165, 1.54) is 12.7 Å². The number of aromatic hydroxyl groups is 1. The molecule has 2 heterocycles. The highest BCUT2D eigenvalue weighted by Crippen LogP contribution is 2.39. The van der Waals surface area contributed by atoms with E-state index in [1.807, 2.05) is 72.8 Å². The molecule has 1 aliphatic carbocycles. The van der Waals surface area contributed by atoms with Crippen LogP contribution in [0, 0.1) is 0 Å². The van der Waals surface area contributed by atoms with Crippen LogP contribution in [0.25, 0.3) is 33.3 Å². The van der Waals surface area contributed by atoms with Crippen LogP contribution in [0.3, 0.4) is 0 Å². The molecule has 0 saturated heterocycles. The Kier molecular flexibility index (Phi) is 6.78. The maximum atomic E-state index is 13.0. The van der Waals surface area contributed by atoms with Gasteiger partial charge in [-0.2, -0.15) is 0 Å². The summed E-state index contributed by atoms with van der Waals surface area (Å²) >= 11 is 0. The standard InChI is InChI=1S/C33H29N3O4/c1-40-33(39)31(26-14-13-21-5-2-3-6-24(21)26)36-30(37)17-20-9-11-22(12-10-20)25-7-4-8-27(32(25)38)28-18-23-15-16-34-19-29(23)35-28/h2-12,15-16,18-19,26,31,35,38H,13-14,17H2,1H3,(H,36,37). The second-order valence-electron chi connectivity index (χ2n) is 10.1. The van der Waals surface area contributed by atoms with Gasteiger partial charge in [-0.1, -0.05) is 60.7 Å². The molecular formula is C33H29N3O4. The second-order valence-corrected chi connectivity index (χ2v) is 10.1. The molecule has 6 rings (SSSR count). The molecule has 0 aliphatic heterocycles. The third-order valence-corrected chi connectivity index (χ3v) is 7.73. The van der Waals surface area contributed by atoms with E-state index >= 15 is 0 Å². The van der Waals surface area contributed by atoms with Crippen LogP contribution in [0.2, 0.25) is 0 Å². The van der Waals surface area contributed by atoms with Crippen LogP contribution in [-0.4, -0.2) is 40.1 Å². The Labute approximate surface area is 231 Å². The van der Waals surface area contributed by atoms with E-state index in [0.29, 0.717) is 11.1 Å². The van der Waals surface area contributed by atoms with Crippen LogP contribution in [-0.2, 0) is 27.2 Å². The van der Waals surface area contributed by atoms with Crippen molar-refractivity contribution in [3.63, 3.8) is 0 Å². The van der Waals surface area contributed by atoms with E-state index in [2.05, 4.69) is 21.4 Å². The van der Waals surface area contributed by atoms with Crippen molar-refractivity contribution in [1.29, 1.82) is 0 Å². The number of aryl methyl sites for hydroxylation is 1. The molecule has 40 heavy (non-hydrogen) atoms. The Bertz CT molecular complexity index is 1670. The summed E-state index contributed by atoms with van der Waals surface area (Å²) in [6.07, 6.45) is 5.27. The number of benzene rings is 3. The summed E-state index contributed by atoms with van der Waals surface area (Å²) < 4.78 is 5.04. The molecule has 5 aromatic rings. The summed E-state index contributed by atoms with van der Waals surface area (Å²) in [5.41, 5.74) is 7.02. The van der Waals surface area contributed by atoms with Gasteiger partial charge < -0.3 is 20.1 Å². The Balaban J connectivity index is 1.18. The minimum absolute atomic E-state index is 0.112. The Morgan fingerprint density at radius 2 is 1.85 bits per heavy atom. The fraction of sp³-hybridized carbons (Fsp3) is 0.182. The molecular weight excluding hydrogens is 502 g/mol. The molecule has 3 N–H and O–H groups in total. The number of phenolic OH excluding ortho intramolecular Hbond substituents is 1. The summed E-state index contributed by atoms with van der Waals surface area (Å²) in [6, 6.07) is 24.4. The number of H-pyrrole nitrogens is 1. The molecule has 200 valence electrons. The van der Waals surface area contributed by atoms with Crippen molar-refractivity contribution in [1.82, 2.24) is 15.3 Å². The number of amides is 1. The van der Waals surface area contributed by atoms with Gasteiger partial charge in [-0.3, -0.25) is 9.78 Å². The minimum Gasteiger partial charge on any atom is -0.507 e. The monoisotopic (exact) mass is 531 g/mol. The van der Waals surface area contributed by atoms with Crippen LogP contribution < -0.4 is 5.32 Å². The number of hydrogen-bond donors (Lipinski definition) is 3. The third kappa shape index (κ3) is 4.82. The SMILES string of the molecule is COC(=O)C(NC(=O)Cc1ccc(-c2cccc(-c3cc4ccncc4[nH]3)c2O)cc1)C1CCc2ccccc21. The molecule has 1 aliphatic rings. The highest BCUT2D eigenvalue weighted by molar-refractivity contribution is 5.89. The van der Waals surface area contributed by atoms with Gasteiger partial charge in [-0.25, -0.2) is 4.79 Å². The van der Waals surface area contributed by atoms with Gasteiger partial charge >= 0.3 is 5.97 Å². The van der Waals surface area contributed by atoms with Crippen molar-refractivity contribution in [3.8, 4) is 28.1 Å². The normalized spacial score (nSPS) is 15.0. The molecule has 0 bridgehead atoms. The molecule has 1 amide bonds. The second kappa shape index (κ2) is 10.7. The van der Waals surface area contributed by atoms with Crippen LogP contribution in [0.1, 0.15) is 29.0 Å². The van der Waals surface area contributed by atoms with Gasteiger partial charge in [-0.05, 0) is 53.3 Å². The molecule has 0 saturated carbocycles. The molecule has 0 fully saturated rings. The van der Waals surface area contributed by atoms with Crippen LogP contribution in [0.4, 0.5) is 0 Å². The number of carbonyl (C=O) groups is 2. The zero-order valence-electron chi connectivity index (χ0n) is 22.1. The van der Waals surface area contributed by atoms with Crippen molar-refractivity contribution < 1.29 is 19.4 Å². The van der Waals surface area contributed by atoms with Crippen LogP contribution >= 0.6 is 0 Å². The maximum absolute atomic E-state index is 13.0. The lowest BCUT2D eigenvalue weighted by Gasteiger charge is -2.23. The first kappa shape index (κ1) is 25.4. The first-order valence-corrected chi connectivity index (χ1v) is 13.3. The summed E-state index contributed by atoms with van der Waals surface area (Å²) in [5.74, 6) is -0.623. The summed E-state index contributed by atoms with van der Waals surface area (Å²) in [7, 11) is 1.35. The molecule has 2 atom stereocenters. The molecule has 7 nitrogen and oxygen atoms in total. The predicted octanol–water partition coefficient (Wildman–Crippen LogP) is 5.53. The third-order valence-electron chi connectivity index (χ3n) is 7.73. The van der Waals surface area contributed by atoms with E-state index in [0.717, 1.165) is 46.1 Å². The number of nitrogens with one attached hydrogen (secondary N) is 2. The van der Waals surface area contributed by atoms with E-state index in [4.69, 9.17) is 4.74 Å². The average molecular weight is 532 g/mol. The van der Waals surface area contributed by atoms with Crippen molar-refractivity contribution in [3.05, 3.63) is 108 Å². The predicted molar refractivity (Wildman–Crippen MR) is 154 cm³/mol. The highest BCUT2D eigenvalue weighted by Gasteiger charge is 2.36. The molecule has 3 aromatic carbocycles. The van der Waals surface area contributed by atoms with E-state index in [1.54, 1.807) is 12.4 Å². The first-order chi connectivity index (χ1) is 19.5. The number of methoxy groups -OCH3 is 1. The summed E-state index contributed by atoms with van der Waals surface area (Å²) in [5, 5.41) is 15.1. The number of esters is 1. The topological polar surface area (TPSA) is 104 Å². The van der Waals surface area contributed by atoms with Gasteiger partial charge in [0.1, 0.15) is 11.8 Å². The van der Waals surface area contributed by atoms with E-state index in [9.17, 15) is 14.7 Å². The number of aromatic nitrogens is 2. The number of hydrogen-bond acceptors (Lipinski definition) is 5. The number of phenols is 1. The minimum atomic E-state index is -0.736. The zero-order chi connectivity index (χ0) is 27.6. The van der Waals surface area contributed by atoms with Crippen molar-refractivity contribution in [2.45, 2.75) is 31.2 Å². The number of para-hydroxylation sites is 1. The van der Waals surface area contributed by atoms with Gasteiger partial charge in [0.15, 0.2) is 0 Å². The number of rotatable bonds is 7. The van der Waals surface area contributed by atoms with Crippen LogP contribution in [0.5, 0.6) is 5.75 Å². The van der Waals surface area contributed by atoms with Crippen LogP contribution in [0.15, 0.2) is 91.3 Å². The first-order valence-electron chi connectivity index (χ1n) is 13.3. The van der Waals surface area contributed by atoms with Gasteiger partial charge in [0.05, 0.1) is 30.9 Å². The number of aromatic amines is 1. The molecule has 2 aromatic heterocycles. The number of pyridine rings is 1. The number of nitrogens with zero attached hydrogens (tertiary/aromatic N) is 1. The summed E-state index contributed by atoms with van der Waals surface area (Å²) in [6.45, 7) is 0. The maximum Gasteiger partial charge on any atom is 0.329 e. The smallest absolute Gasteiger partial charge is 0.329 e. The number of ether oxygens (including phenoxy) is 1. The molecule has 0 radical (unpaired) electrons. The van der Waals surface area contributed by atoms with Gasteiger partial charge in [0, 0.05) is 28.6 Å². The van der Waals surface area contributed by atoms with Gasteiger partial charge in [-0.15, -0.1) is 0 Å². The molecule has 0 spiro atoms. The Hall–Kier alpha value is -4.91. The Morgan fingerprint density at radius 3 is 2.65 bits per heavy atom. The zero-order valence-corrected chi connectivity index (χ0v) is 22.1. The quantitative estimate of drug-likeness (QED) is 0.240. The van der Waals surface area contributed by atoms with Gasteiger partial charge in [0.2, 0.25) is 5.91 Å². The number of fused-ring (bicyclic) bond motifs is 2. The van der Waals surface area contributed by atoms with Crippen molar-refractivity contribution in [2.24, 2.45) is 0 Å². The lowest BCUT2D eigenvalue weighted by atomic mass is 9.92. The van der Waals surface area contributed by atoms with Crippen molar-refractivity contribution >= 4 is 22.8 Å². The van der Waals surface area contributed by atoms with Gasteiger partial charge in [0.25, 0.3) is 0 Å². The Morgan fingerprint density at radius 1 is 1.05 bits per heavy atom. The molecule has 2 unspecified atom stereocenters. The average Bonchev–Trinajstić information content (AvgIpc) is 3.61. The van der Waals surface area contributed by atoms with Crippen molar-refractivity contribution in [2.75, 3.05) is 7.11 Å². The fourth-order valence-electron chi connectivity index (χ4n) is 5.71. The molecule has 7 heteroatoms. The number of carbonyl (C=O) groups excluding carboxylic acids is 2. The fourth-order valence-corrected chi connectivity index (χ4v) is 5.71. The van der Waals surface area contributed by atoms with E-state index < -0.39 is 12.0 Å². The highest BCUT2D eigenvalue weighted by atomic mass is 16.5.